The van der Waals surface area contributed by atoms with Crippen molar-refractivity contribution < 1.29 is 13.9 Å². The molecule has 1 aromatic rings. The summed E-state index contributed by atoms with van der Waals surface area (Å²) < 4.78 is 19.0. The Balaban J connectivity index is 1.69. The van der Waals surface area contributed by atoms with Gasteiger partial charge in [0.05, 0.1) is 11.6 Å². The number of carbonyl (C=O) groups is 1. The van der Waals surface area contributed by atoms with Gasteiger partial charge in [0.2, 0.25) is 5.91 Å². The van der Waals surface area contributed by atoms with E-state index in [1.54, 1.807) is 6.07 Å². The minimum Gasteiger partial charge on any atom is -0.371 e. The smallest absolute Gasteiger partial charge is 0.248 e. The lowest BCUT2D eigenvalue weighted by Crippen LogP contribution is -2.52. The van der Waals surface area contributed by atoms with Gasteiger partial charge < -0.3 is 9.64 Å². The first kappa shape index (κ1) is 15.7. The van der Waals surface area contributed by atoms with Crippen molar-refractivity contribution >= 4 is 17.5 Å². The van der Waals surface area contributed by atoms with E-state index in [0.29, 0.717) is 19.1 Å². The highest BCUT2D eigenvalue weighted by Crippen LogP contribution is 2.26. The van der Waals surface area contributed by atoms with Crippen LogP contribution in [0.3, 0.4) is 0 Å². The molecule has 0 spiro atoms. The molecule has 120 valence electrons. The molecule has 6 heteroatoms. The zero-order chi connectivity index (χ0) is 15.7. The van der Waals surface area contributed by atoms with Crippen LogP contribution in [-0.2, 0) is 16.1 Å². The summed E-state index contributed by atoms with van der Waals surface area (Å²) in [7, 11) is 1.85. The maximum Gasteiger partial charge on any atom is 0.248 e. The van der Waals surface area contributed by atoms with Gasteiger partial charge in [0.1, 0.15) is 12.4 Å². The molecule has 3 rings (SSSR count). The predicted octanol–water partition coefficient (Wildman–Crippen LogP) is 2.16. The number of ether oxygens (including phenoxy) is 1. The van der Waals surface area contributed by atoms with Crippen molar-refractivity contribution in [1.29, 1.82) is 0 Å². The molecular formula is C16H20ClFN2O2. The summed E-state index contributed by atoms with van der Waals surface area (Å²) in [5, 5.41) is 0.147. The summed E-state index contributed by atoms with van der Waals surface area (Å²) in [4.78, 5) is 16.0. The van der Waals surface area contributed by atoms with E-state index in [2.05, 4.69) is 4.90 Å². The molecule has 0 aromatic heterocycles. The summed E-state index contributed by atoms with van der Waals surface area (Å²) in [6.45, 7) is 3.20. The van der Waals surface area contributed by atoms with Gasteiger partial charge in [-0.3, -0.25) is 9.69 Å². The normalized spacial score (nSPS) is 26.7. The van der Waals surface area contributed by atoms with Crippen molar-refractivity contribution in [3.63, 3.8) is 0 Å². The third kappa shape index (κ3) is 3.26. The lowest BCUT2D eigenvalue weighted by atomic mass is 9.91. The SMILES string of the molecule is CN1C(=O)COC[C@@H]2CCN(Cc3ccc(Cl)c(F)c3)C[C@@H]21. The van der Waals surface area contributed by atoms with E-state index in [-0.39, 0.29) is 29.4 Å². The quantitative estimate of drug-likeness (QED) is 0.835. The third-order valence-electron chi connectivity index (χ3n) is 4.64. The number of piperidine rings is 1. The van der Waals surface area contributed by atoms with Crippen LogP contribution in [0.4, 0.5) is 4.39 Å². The van der Waals surface area contributed by atoms with E-state index in [1.165, 1.54) is 6.07 Å². The van der Waals surface area contributed by atoms with Gasteiger partial charge >= 0.3 is 0 Å². The fourth-order valence-electron chi connectivity index (χ4n) is 3.30. The highest BCUT2D eigenvalue weighted by molar-refractivity contribution is 6.30. The number of benzene rings is 1. The number of nitrogens with zero attached hydrogens (tertiary/aromatic N) is 2. The number of likely N-dealkylation sites (N-methyl/N-ethyl adjacent to an activating group) is 1. The largest absolute Gasteiger partial charge is 0.371 e. The Kier molecular flexibility index (Phi) is 4.66. The van der Waals surface area contributed by atoms with Crippen molar-refractivity contribution in [2.45, 2.75) is 19.0 Å². The first-order valence-electron chi connectivity index (χ1n) is 7.54. The summed E-state index contributed by atoms with van der Waals surface area (Å²) >= 11 is 5.72. The molecule has 0 bridgehead atoms. The molecule has 0 N–H and O–H groups in total. The number of hydrogen-bond acceptors (Lipinski definition) is 3. The molecule has 1 aromatic carbocycles. The Bertz CT molecular complexity index is 569. The van der Waals surface area contributed by atoms with Crippen LogP contribution >= 0.6 is 11.6 Å². The standard InChI is InChI=1S/C16H20ClFN2O2/c1-19-15-8-20(5-4-12(15)9-22-10-16(19)21)7-11-2-3-13(17)14(18)6-11/h2-3,6,12,15H,4-5,7-10H2,1H3/t12-,15-/m0/s1. The van der Waals surface area contributed by atoms with Gasteiger partial charge in [0.25, 0.3) is 0 Å². The molecule has 2 atom stereocenters. The number of carbonyl (C=O) groups excluding carboxylic acids is 1. The maximum atomic E-state index is 13.5. The van der Waals surface area contributed by atoms with E-state index in [4.69, 9.17) is 16.3 Å². The summed E-state index contributed by atoms with van der Waals surface area (Å²) in [6.07, 6.45) is 0.984. The Morgan fingerprint density at radius 1 is 1.45 bits per heavy atom. The van der Waals surface area contributed by atoms with Crippen molar-refractivity contribution in [1.82, 2.24) is 9.80 Å². The summed E-state index contributed by atoms with van der Waals surface area (Å²) in [5.41, 5.74) is 0.902. The van der Waals surface area contributed by atoms with Crippen molar-refractivity contribution in [3.05, 3.63) is 34.6 Å². The highest BCUT2D eigenvalue weighted by atomic mass is 35.5. The fraction of sp³-hybridized carbons (Fsp3) is 0.562. The molecule has 2 saturated heterocycles. The predicted molar refractivity (Wildman–Crippen MR) is 82.2 cm³/mol. The number of hydrogen-bond donors (Lipinski definition) is 0. The van der Waals surface area contributed by atoms with E-state index >= 15 is 0 Å². The van der Waals surface area contributed by atoms with Crippen LogP contribution in [0.5, 0.6) is 0 Å². The Morgan fingerprint density at radius 3 is 3.05 bits per heavy atom. The number of likely N-dealkylation sites (tertiary alicyclic amines) is 1. The van der Waals surface area contributed by atoms with Crippen LogP contribution in [-0.4, -0.2) is 55.1 Å². The van der Waals surface area contributed by atoms with Crippen molar-refractivity contribution in [3.8, 4) is 0 Å². The first-order chi connectivity index (χ1) is 10.5. The van der Waals surface area contributed by atoms with Gasteiger partial charge in [-0.1, -0.05) is 17.7 Å². The molecule has 0 aliphatic carbocycles. The average molecular weight is 327 g/mol. The Hall–Kier alpha value is -1.17. The van der Waals surface area contributed by atoms with E-state index in [9.17, 15) is 9.18 Å². The lowest BCUT2D eigenvalue weighted by molar-refractivity contribution is -0.134. The second-order valence-corrected chi connectivity index (χ2v) is 6.53. The molecule has 0 saturated carbocycles. The molecular weight excluding hydrogens is 307 g/mol. The van der Waals surface area contributed by atoms with Gasteiger partial charge in [-0.15, -0.1) is 0 Å². The third-order valence-corrected chi connectivity index (χ3v) is 4.95. The number of fused-ring (bicyclic) bond motifs is 1. The summed E-state index contributed by atoms with van der Waals surface area (Å²) in [5.74, 6) is 0.0331. The van der Waals surface area contributed by atoms with E-state index < -0.39 is 0 Å². The van der Waals surface area contributed by atoms with Crippen LogP contribution in [0, 0.1) is 11.7 Å². The van der Waals surface area contributed by atoms with E-state index in [1.807, 2.05) is 18.0 Å². The minimum absolute atomic E-state index is 0.0342. The van der Waals surface area contributed by atoms with Gasteiger partial charge in [0.15, 0.2) is 0 Å². The van der Waals surface area contributed by atoms with Gasteiger partial charge in [-0.2, -0.15) is 0 Å². The molecule has 2 aliphatic rings. The fourth-order valence-corrected chi connectivity index (χ4v) is 3.42. The highest BCUT2D eigenvalue weighted by Gasteiger charge is 2.36. The zero-order valence-corrected chi connectivity index (χ0v) is 13.4. The van der Waals surface area contributed by atoms with Crippen LogP contribution in [0.1, 0.15) is 12.0 Å². The molecule has 2 aliphatic heterocycles. The molecule has 1 amide bonds. The summed E-state index contributed by atoms with van der Waals surface area (Å²) in [6, 6.07) is 5.09. The average Bonchev–Trinajstić information content (AvgIpc) is 2.64. The zero-order valence-electron chi connectivity index (χ0n) is 12.6. The van der Waals surface area contributed by atoms with Crippen LogP contribution < -0.4 is 0 Å². The molecule has 0 unspecified atom stereocenters. The Morgan fingerprint density at radius 2 is 2.27 bits per heavy atom. The lowest BCUT2D eigenvalue weighted by Gasteiger charge is -2.41. The second-order valence-electron chi connectivity index (χ2n) is 6.12. The van der Waals surface area contributed by atoms with Crippen LogP contribution in [0.2, 0.25) is 5.02 Å². The first-order valence-corrected chi connectivity index (χ1v) is 7.92. The molecule has 4 nitrogen and oxygen atoms in total. The number of amides is 1. The second kappa shape index (κ2) is 6.52. The van der Waals surface area contributed by atoms with Crippen LogP contribution in [0.25, 0.3) is 0 Å². The van der Waals surface area contributed by atoms with Crippen LogP contribution in [0.15, 0.2) is 18.2 Å². The molecule has 2 fully saturated rings. The molecule has 22 heavy (non-hydrogen) atoms. The van der Waals surface area contributed by atoms with Crippen molar-refractivity contribution in [2.24, 2.45) is 5.92 Å². The molecule has 2 heterocycles. The van der Waals surface area contributed by atoms with Crippen molar-refractivity contribution in [2.75, 3.05) is 33.4 Å². The number of rotatable bonds is 2. The monoisotopic (exact) mass is 326 g/mol. The van der Waals surface area contributed by atoms with Gasteiger partial charge in [0, 0.05) is 32.1 Å². The van der Waals surface area contributed by atoms with Gasteiger partial charge in [-0.05, 0) is 30.7 Å². The maximum absolute atomic E-state index is 13.5. The minimum atomic E-state index is -0.385. The topological polar surface area (TPSA) is 32.8 Å². The molecule has 0 radical (unpaired) electrons. The Labute approximate surface area is 134 Å². The van der Waals surface area contributed by atoms with Gasteiger partial charge in [-0.25, -0.2) is 4.39 Å². The van der Waals surface area contributed by atoms with E-state index in [0.717, 1.165) is 25.1 Å². The number of halogens is 2.